The number of nitrogens with one attached hydrogen (secondary N) is 1. The van der Waals surface area contributed by atoms with E-state index in [9.17, 15) is 4.79 Å². The Morgan fingerprint density at radius 2 is 1.77 bits per heavy atom. The van der Waals surface area contributed by atoms with Crippen molar-refractivity contribution in [1.82, 2.24) is 14.9 Å². The Labute approximate surface area is 212 Å². The molecule has 5 nitrogen and oxygen atoms in total. The van der Waals surface area contributed by atoms with Crippen molar-refractivity contribution in [3.05, 3.63) is 94.8 Å². The van der Waals surface area contributed by atoms with Crippen LogP contribution in [-0.2, 0) is 24.2 Å². The van der Waals surface area contributed by atoms with Crippen LogP contribution in [0, 0.1) is 0 Å². The molecule has 3 aromatic carbocycles. The fraction of sp³-hybridized carbons (Fsp3) is 0.310. The van der Waals surface area contributed by atoms with Crippen molar-refractivity contribution in [1.29, 1.82) is 0 Å². The summed E-state index contributed by atoms with van der Waals surface area (Å²) in [6, 6.07) is 23.8. The maximum Gasteiger partial charge on any atom is 0.224 e. The van der Waals surface area contributed by atoms with E-state index in [2.05, 4.69) is 41.9 Å². The van der Waals surface area contributed by atoms with E-state index < -0.39 is 0 Å². The minimum Gasteiger partial charge on any atom is -0.493 e. The smallest absolute Gasteiger partial charge is 0.224 e. The third-order valence-electron chi connectivity index (χ3n) is 6.01. The number of amides is 1. The van der Waals surface area contributed by atoms with E-state index in [-0.39, 0.29) is 5.91 Å². The minimum absolute atomic E-state index is 0.00722. The number of aryl methyl sites for hydroxylation is 1. The third kappa shape index (κ3) is 6.64. The van der Waals surface area contributed by atoms with Crippen LogP contribution in [0.15, 0.2) is 72.8 Å². The van der Waals surface area contributed by atoms with Crippen LogP contribution in [0.4, 0.5) is 0 Å². The fourth-order valence-corrected chi connectivity index (χ4v) is 4.35. The largest absolute Gasteiger partial charge is 0.493 e. The summed E-state index contributed by atoms with van der Waals surface area (Å²) in [4.78, 5) is 17.2. The topological polar surface area (TPSA) is 56.1 Å². The van der Waals surface area contributed by atoms with Crippen molar-refractivity contribution < 1.29 is 9.53 Å². The zero-order chi connectivity index (χ0) is 24.6. The predicted octanol–water partition coefficient (Wildman–Crippen LogP) is 6.18. The van der Waals surface area contributed by atoms with Gasteiger partial charge in [0.25, 0.3) is 0 Å². The molecule has 0 saturated heterocycles. The van der Waals surface area contributed by atoms with Gasteiger partial charge in [-0.25, -0.2) is 4.98 Å². The summed E-state index contributed by atoms with van der Waals surface area (Å²) in [6.07, 6.45) is 1.86. The molecule has 1 N–H and O–H groups in total. The Morgan fingerprint density at radius 3 is 2.57 bits per heavy atom. The van der Waals surface area contributed by atoms with Crippen LogP contribution in [0.2, 0.25) is 5.02 Å². The van der Waals surface area contributed by atoms with Gasteiger partial charge in [0.15, 0.2) is 0 Å². The molecule has 0 atom stereocenters. The molecule has 0 radical (unpaired) electrons. The number of para-hydroxylation sites is 3. The van der Waals surface area contributed by atoms with E-state index in [0.717, 1.165) is 41.1 Å². The summed E-state index contributed by atoms with van der Waals surface area (Å²) < 4.78 is 8.37. The van der Waals surface area contributed by atoms with Crippen LogP contribution < -0.4 is 10.1 Å². The van der Waals surface area contributed by atoms with Gasteiger partial charge in [0.2, 0.25) is 5.91 Å². The first-order valence-corrected chi connectivity index (χ1v) is 12.6. The van der Waals surface area contributed by atoms with Gasteiger partial charge in [-0.2, -0.15) is 0 Å². The summed E-state index contributed by atoms with van der Waals surface area (Å²) >= 11 is 5.93. The Kier molecular flexibility index (Phi) is 8.43. The highest BCUT2D eigenvalue weighted by Crippen LogP contribution is 2.26. The first kappa shape index (κ1) is 24.8. The lowest BCUT2D eigenvalue weighted by Gasteiger charge is -2.14. The van der Waals surface area contributed by atoms with Crippen molar-refractivity contribution in [3.63, 3.8) is 0 Å². The molecular formula is C29H32ClN3O2. The molecule has 0 unspecified atom stereocenters. The van der Waals surface area contributed by atoms with Gasteiger partial charge in [-0.3, -0.25) is 4.79 Å². The molecule has 0 saturated carbocycles. The Morgan fingerprint density at radius 1 is 1.03 bits per heavy atom. The molecule has 4 aromatic rings. The van der Waals surface area contributed by atoms with Gasteiger partial charge in [-0.05, 0) is 53.8 Å². The van der Waals surface area contributed by atoms with Crippen LogP contribution in [0.25, 0.3) is 11.0 Å². The van der Waals surface area contributed by atoms with Gasteiger partial charge in [-0.1, -0.05) is 67.9 Å². The number of aromatic nitrogens is 2. The molecule has 0 aliphatic rings. The van der Waals surface area contributed by atoms with E-state index in [1.54, 1.807) is 12.1 Å². The van der Waals surface area contributed by atoms with Crippen molar-refractivity contribution in [2.75, 3.05) is 13.2 Å². The lowest BCUT2D eigenvalue weighted by molar-refractivity contribution is -0.120. The summed E-state index contributed by atoms with van der Waals surface area (Å²) in [6.45, 7) is 6.33. The first-order valence-electron chi connectivity index (χ1n) is 12.2. The zero-order valence-electron chi connectivity index (χ0n) is 20.3. The van der Waals surface area contributed by atoms with Crippen LogP contribution >= 0.6 is 11.6 Å². The lowest BCUT2D eigenvalue weighted by Crippen LogP contribution is -2.28. The number of rotatable bonds is 11. The normalized spacial score (nSPS) is 11.2. The number of benzene rings is 3. The molecule has 6 heteroatoms. The van der Waals surface area contributed by atoms with Gasteiger partial charge in [0.05, 0.1) is 24.1 Å². The average molecular weight is 490 g/mol. The quantitative estimate of drug-likeness (QED) is 0.256. The summed E-state index contributed by atoms with van der Waals surface area (Å²) in [5.74, 6) is 2.35. The number of imidazole rings is 1. The molecule has 0 fully saturated rings. The maximum atomic E-state index is 12.4. The number of nitrogens with zero attached hydrogens (tertiary/aromatic N) is 2. The summed E-state index contributed by atoms with van der Waals surface area (Å²) in [5, 5.41) is 3.69. The number of halogens is 1. The van der Waals surface area contributed by atoms with Crippen LogP contribution in [0.1, 0.15) is 43.1 Å². The molecule has 1 amide bonds. The number of hydrogen-bond acceptors (Lipinski definition) is 3. The van der Waals surface area contributed by atoms with Crippen molar-refractivity contribution >= 4 is 28.5 Å². The number of carbonyl (C=O) groups excluding carboxylic acids is 1. The Balaban J connectivity index is 1.34. The molecular weight excluding hydrogens is 458 g/mol. The molecule has 1 heterocycles. The fourth-order valence-electron chi connectivity index (χ4n) is 4.22. The monoisotopic (exact) mass is 489 g/mol. The summed E-state index contributed by atoms with van der Waals surface area (Å²) in [5.41, 5.74) is 4.26. The zero-order valence-corrected chi connectivity index (χ0v) is 21.1. The second-order valence-electron chi connectivity index (χ2n) is 8.97. The van der Waals surface area contributed by atoms with Gasteiger partial charge in [0.1, 0.15) is 11.6 Å². The molecule has 0 bridgehead atoms. The van der Waals surface area contributed by atoms with Gasteiger partial charge in [-0.15, -0.1) is 0 Å². The molecule has 182 valence electrons. The van der Waals surface area contributed by atoms with E-state index >= 15 is 0 Å². The van der Waals surface area contributed by atoms with Crippen molar-refractivity contribution in [2.45, 2.75) is 45.6 Å². The van der Waals surface area contributed by atoms with Crippen LogP contribution in [0.3, 0.4) is 0 Å². The molecule has 0 spiro atoms. The van der Waals surface area contributed by atoms with E-state index in [1.807, 2.05) is 42.5 Å². The highest BCUT2D eigenvalue weighted by molar-refractivity contribution is 6.30. The molecule has 1 aromatic heterocycles. The molecule has 4 rings (SSSR count). The molecule has 0 aliphatic heterocycles. The SMILES string of the molecule is CC(C)c1ccccc1OCCCn1c(CCNC(=O)Cc2ccc(Cl)cc2)nc2ccccc21. The highest BCUT2D eigenvalue weighted by atomic mass is 35.5. The van der Waals surface area contributed by atoms with Crippen molar-refractivity contribution in [3.8, 4) is 5.75 Å². The van der Waals surface area contributed by atoms with E-state index in [1.165, 1.54) is 5.56 Å². The molecule has 35 heavy (non-hydrogen) atoms. The molecule has 0 aliphatic carbocycles. The number of carbonyl (C=O) groups is 1. The minimum atomic E-state index is -0.00722. The van der Waals surface area contributed by atoms with Gasteiger partial charge < -0.3 is 14.6 Å². The van der Waals surface area contributed by atoms with E-state index in [0.29, 0.717) is 36.9 Å². The Hall–Kier alpha value is -3.31. The van der Waals surface area contributed by atoms with Gasteiger partial charge >= 0.3 is 0 Å². The van der Waals surface area contributed by atoms with Gasteiger partial charge in [0, 0.05) is 24.5 Å². The number of fused-ring (bicyclic) bond motifs is 1. The van der Waals surface area contributed by atoms with Crippen LogP contribution in [-0.4, -0.2) is 28.6 Å². The van der Waals surface area contributed by atoms with E-state index in [4.69, 9.17) is 21.3 Å². The average Bonchev–Trinajstić information content (AvgIpc) is 3.20. The maximum absolute atomic E-state index is 12.4. The predicted molar refractivity (Wildman–Crippen MR) is 142 cm³/mol. The third-order valence-corrected chi connectivity index (χ3v) is 6.26. The summed E-state index contributed by atoms with van der Waals surface area (Å²) in [7, 11) is 0. The standard InChI is InChI=1S/C29H32ClN3O2/c1-21(2)24-8-3-6-11-27(24)35-19-7-18-33-26-10-5-4-9-25(26)32-28(33)16-17-31-29(34)20-22-12-14-23(30)15-13-22/h3-6,8-15,21H,7,16-20H2,1-2H3,(H,31,34). The Bertz CT molecular complexity index is 1260. The second-order valence-corrected chi connectivity index (χ2v) is 9.40. The first-order chi connectivity index (χ1) is 17.0. The van der Waals surface area contributed by atoms with Crippen molar-refractivity contribution in [2.24, 2.45) is 0 Å². The number of ether oxygens (including phenoxy) is 1. The lowest BCUT2D eigenvalue weighted by atomic mass is 10.0. The van der Waals surface area contributed by atoms with Crippen LogP contribution in [0.5, 0.6) is 5.75 Å². The second kappa shape index (κ2) is 11.9. The number of hydrogen-bond donors (Lipinski definition) is 1. The highest BCUT2D eigenvalue weighted by Gasteiger charge is 2.12.